The average Bonchev–Trinajstić information content (AvgIpc) is 3.29. The van der Waals surface area contributed by atoms with Gasteiger partial charge < -0.3 is 9.15 Å². The molecule has 0 aliphatic heterocycles. The Morgan fingerprint density at radius 3 is 2.57 bits per heavy atom. The van der Waals surface area contributed by atoms with Gasteiger partial charge in [-0.25, -0.2) is 8.42 Å². The molecule has 2 aliphatic carbocycles. The highest BCUT2D eigenvalue weighted by molar-refractivity contribution is 7.89. The number of rotatable bonds is 8. The molecule has 2 aromatic rings. The minimum atomic E-state index is -3.63. The maximum Gasteiger partial charge on any atom is 0.311 e. The van der Waals surface area contributed by atoms with E-state index >= 15 is 0 Å². The van der Waals surface area contributed by atoms with Crippen molar-refractivity contribution in [2.75, 3.05) is 14.2 Å². The second kappa shape index (κ2) is 10.4. The van der Waals surface area contributed by atoms with Crippen LogP contribution in [0.3, 0.4) is 0 Å². The topological polar surface area (TPSA) is 76.8 Å². The van der Waals surface area contributed by atoms with Gasteiger partial charge in [0.15, 0.2) is 0 Å². The van der Waals surface area contributed by atoms with Crippen LogP contribution < -0.4 is 0 Å². The van der Waals surface area contributed by atoms with E-state index in [-0.39, 0.29) is 34.7 Å². The zero-order valence-corrected chi connectivity index (χ0v) is 23.7. The first-order valence-corrected chi connectivity index (χ1v) is 14.7. The Morgan fingerprint density at radius 2 is 1.89 bits per heavy atom. The number of esters is 1. The van der Waals surface area contributed by atoms with E-state index in [9.17, 15) is 13.2 Å². The number of nitrogens with zero attached hydrogens (tertiary/aromatic N) is 1. The summed E-state index contributed by atoms with van der Waals surface area (Å²) in [7, 11) is -0.542. The fourth-order valence-corrected chi connectivity index (χ4v) is 8.29. The first kappa shape index (κ1) is 27.6. The third-order valence-corrected chi connectivity index (χ3v) is 11.1. The molecule has 2 fully saturated rings. The summed E-state index contributed by atoms with van der Waals surface area (Å²) in [4.78, 5) is 13.1. The first-order valence-electron chi connectivity index (χ1n) is 13.3. The Bertz CT molecular complexity index is 1250. The van der Waals surface area contributed by atoms with E-state index in [4.69, 9.17) is 9.15 Å². The van der Waals surface area contributed by atoms with Gasteiger partial charge in [0, 0.05) is 7.05 Å². The number of allylic oxidation sites excluding steroid dienone is 1. The fourth-order valence-electron chi connectivity index (χ4n) is 7.17. The van der Waals surface area contributed by atoms with E-state index < -0.39 is 15.4 Å². The normalized spacial score (nSPS) is 28.2. The summed E-state index contributed by atoms with van der Waals surface area (Å²) in [6.07, 6.45) is 8.14. The molecule has 37 heavy (non-hydrogen) atoms. The van der Waals surface area contributed by atoms with Gasteiger partial charge in [-0.05, 0) is 93.4 Å². The lowest BCUT2D eigenvalue weighted by atomic mass is 9.46. The predicted molar refractivity (Wildman–Crippen MR) is 144 cm³/mol. The molecule has 6 nitrogen and oxygen atoms in total. The number of furan rings is 1. The third kappa shape index (κ3) is 5.05. The molecule has 1 aromatic heterocycles. The van der Waals surface area contributed by atoms with Crippen LogP contribution in [-0.4, -0.2) is 32.8 Å². The molecule has 0 N–H and O–H groups in total. The van der Waals surface area contributed by atoms with Crippen LogP contribution in [0.2, 0.25) is 0 Å². The highest BCUT2D eigenvalue weighted by Gasteiger charge is 2.57. The summed E-state index contributed by atoms with van der Waals surface area (Å²) in [6.45, 7) is 11.0. The molecule has 4 atom stereocenters. The Balaban J connectivity index is 1.50. The molecule has 1 aromatic carbocycles. The standard InChI is InChI=1S/C30H41NO5S/c1-21-8-12-24(13-9-21)37(33,34)31(5)20-26-23(16-19-36-26)11-14-25-22(2)10-15-27-29(25,3)17-7-18-30(27,4)28(32)35-6/h8-9,12-13,16,19,25,27H,2,7,10-11,14-15,17-18,20H2,1,3-6H3/t25-,27?,29+,30-/m0/s1. The summed E-state index contributed by atoms with van der Waals surface area (Å²) >= 11 is 0. The van der Waals surface area contributed by atoms with Crippen molar-refractivity contribution in [2.45, 2.75) is 77.2 Å². The molecule has 0 bridgehead atoms. The molecule has 0 amide bonds. The van der Waals surface area contributed by atoms with Gasteiger partial charge in [-0.2, -0.15) is 4.31 Å². The second-order valence-corrected chi connectivity index (χ2v) is 13.6. The second-order valence-electron chi connectivity index (χ2n) is 11.6. The molecule has 2 saturated carbocycles. The molecule has 2 aliphatic rings. The molecule has 4 rings (SSSR count). The molecule has 0 radical (unpaired) electrons. The Morgan fingerprint density at radius 1 is 1.19 bits per heavy atom. The van der Waals surface area contributed by atoms with Crippen molar-refractivity contribution in [3.05, 3.63) is 65.6 Å². The van der Waals surface area contributed by atoms with Gasteiger partial charge in [-0.15, -0.1) is 0 Å². The van der Waals surface area contributed by atoms with Gasteiger partial charge in [0.25, 0.3) is 0 Å². The van der Waals surface area contributed by atoms with Gasteiger partial charge >= 0.3 is 5.97 Å². The number of carbonyl (C=O) groups is 1. The van der Waals surface area contributed by atoms with E-state index in [1.807, 2.05) is 13.0 Å². The van der Waals surface area contributed by atoms with Crippen molar-refractivity contribution in [2.24, 2.45) is 22.7 Å². The summed E-state index contributed by atoms with van der Waals surface area (Å²) in [6, 6.07) is 8.85. The van der Waals surface area contributed by atoms with Crippen molar-refractivity contribution < 1.29 is 22.4 Å². The zero-order chi connectivity index (χ0) is 27.0. The van der Waals surface area contributed by atoms with Crippen LogP contribution in [0.15, 0.2) is 58.1 Å². The lowest BCUT2D eigenvalue weighted by Gasteiger charge is -2.57. The van der Waals surface area contributed by atoms with E-state index in [1.54, 1.807) is 37.6 Å². The van der Waals surface area contributed by atoms with Crippen molar-refractivity contribution in [3.63, 3.8) is 0 Å². The number of benzene rings is 1. The number of sulfonamides is 1. The lowest BCUT2D eigenvalue weighted by Crippen LogP contribution is -2.53. The minimum Gasteiger partial charge on any atom is -0.469 e. The maximum absolute atomic E-state index is 13.1. The number of hydrogen-bond acceptors (Lipinski definition) is 5. The number of hydrogen-bond donors (Lipinski definition) is 0. The molecular formula is C30H41NO5S. The first-order chi connectivity index (χ1) is 17.4. The summed E-state index contributed by atoms with van der Waals surface area (Å²) in [5, 5.41) is 0. The smallest absolute Gasteiger partial charge is 0.311 e. The number of methoxy groups -OCH3 is 1. The number of fused-ring (bicyclic) bond motifs is 1. The van der Waals surface area contributed by atoms with Crippen molar-refractivity contribution >= 4 is 16.0 Å². The van der Waals surface area contributed by atoms with Crippen LogP contribution in [0.4, 0.5) is 0 Å². The summed E-state index contributed by atoms with van der Waals surface area (Å²) < 4.78 is 38.6. The Hall–Kier alpha value is -2.38. The minimum absolute atomic E-state index is 0.0218. The van der Waals surface area contributed by atoms with E-state index in [0.717, 1.165) is 56.1 Å². The number of aryl methyl sites for hydroxylation is 2. The van der Waals surface area contributed by atoms with Gasteiger partial charge in [-0.3, -0.25) is 4.79 Å². The van der Waals surface area contributed by atoms with E-state index in [1.165, 1.54) is 17.0 Å². The molecule has 1 heterocycles. The number of carbonyl (C=O) groups excluding carboxylic acids is 1. The fraction of sp³-hybridized carbons (Fsp3) is 0.567. The third-order valence-electron chi connectivity index (χ3n) is 9.31. The van der Waals surface area contributed by atoms with Crippen molar-refractivity contribution in [3.8, 4) is 0 Å². The average molecular weight is 528 g/mol. The van der Waals surface area contributed by atoms with Crippen molar-refractivity contribution in [1.29, 1.82) is 0 Å². The molecule has 7 heteroatoms. The summed E-state index contributed by atoms with van der Waals surface area (Å²) in [5.74, 6) is 1.12. The monoisotopic (exact) mass is 527 g/mol. The maximum atomic E-state index is 13.1. The highest BCUT2D eigenvalue weighted by Crippen LogP contribution is 2.62. The zero-order valence-electron chi connectivity index (χ0n) is 22.9. The van der Waals surface area contributed by atoms with Crippen LogP contribution in [-0.2, 0) is 32.5 Å². The van der Waals surface area contributed by atoms with Crippen LogP contribution in [0.1, 0.15) is 69.3 Å². The van der Waals surface area contributed by atoms with Crippen LogP contribution in [0.5, 0.6) is 0 Å². The summed E-state index contributed by atoms with van der Waals surface area (Å²) in [5.41, 5.74) is 2.81. The van der Waals surface area contributed by atoms with Gasteiger partial charge in [0.2, 0.25) is 10.0 Å². The van der Waals surface area contributed by atoms with Gasteiger partial charge in [-0.1, -0.05) is 43.2 Å². The van der Waals surface area contributed by atoms with Crippen LogP contribution in [0, 0.1) is 29.6 Å². The SMILES string of the molecule is C=C1CCC2[C@](C)(CCC[C@]2(C)C(=O)OC)[C@H]1CCc1ccoc1CN(C)S(=O)(=O)c1ccc(C)cc1. The molecule has 0 spiro atoms. The quantitative estimate of drug-likeness (QED) is 0.298. The Kier molecular flexibility index (Phi) is 7.78. The van der Waals surface area contributed by atoms with Crippen molar-refractivity contribution in [1.82, 2.24) is 4.31 Å². The molecule has 202 valence electrons. The van der Waals surface area contributed by atoms with Crippen LogP contribution >= 0.6 is 0 Å². The van der Waals surface area contributed by atoms with Crippen LogP contribution in [0.25, 0.3) is 0 Å². The lowest BCUT2D eigenvalue weighted by molar-refractivity contribution is -0.168. The van der Waals surface area contributed by atoms with E-state index in [0.29, 0.717) is 5.76 Å². The molecule has 1 unspecified atom stereocenters. The van der Waals surface area contributed by atoms with Gasteiger partial charge in [0.1, 0.15) is 5.76 Å². The van der Waals surface area contributed by atoms with E-state index in [2.05, 4.69) is 20.4 Å². The molecule has 0 saturated heterocycles. The van der Waals surface area contributed by atoms with Gasteiger partial charge in [0.05, 0.1) is 30.2 Å². The largest absolute Gasteiger partial charge is 0.469 e. The number of ether oxygens (including phenoxy) is 1. The predicted octanol–water partition coefficient (Wildman–Crippen LogP) is 6.29. The highest BCUT2D eigenvalue weighted by atomic mass is 32.2. The Labute approximate surface area is 222 Å². The molecular weight excluding hydrogens is 486 g/mol.